The predicted octanol–water partition coefficient (Wildman–Crippen LogP) is 4.24. The second-order valence-corrected chi connectivity index (χ2v) is 6.19. The molecule has 1 N–H and O–H groups in total. The first-order chi connectivity index (χ1) is 9.81. The van der Waals surface area contributed by atoms with Crippen LogP contribution in [0.4, 0.5) is 5.82 Å². The van der Waals surface area contributed by atoms with Crippen LogP contribution in [0.15, 0.2) is 36.0 Å². The summed E-state index contributed by atoms with van der Waals surface area (Å²) in [5.74, 6) is 0.981. The van der Waals surface area contributed by atoms with Crippen LogP contribution in [0.25, 0.3) is 21.3 Å². The number of aryl methyl sites for hydroxylation is 1. The molecule has 1 aromatic carbocycles. The van der Waals surface area contributed by atoms with Crippen LogP contribution in [0.3, 0.4) is 0 Å². The van der Waals surface area contributed by atoms with Gasteiger partial charge in [-0.05, 0) is 25.3 Å². The molecule has 4 rings (SSSR count). The van der Waals surface area contributed by atoms with E-state index in [4.69, 9.17) is 0 Å². The molecule has 2 aromatic heterocycles. The van der Waals surface area contributed by atoms with Crippen LogP contribution >= 0.6 is 11.3 Å². The molecule has 0 aliphatic heterocycles. The Bertz CT molecular complexity index is 757. The fourth-order valence-electron chi connectivity index (χ4n) is 2.35. The Hall–Kier alpha value is -1.94. The van der Waals surface area contributed by atoms with Crippen LogP contribution in [0.2, 0.25) is 0 Å². The lowest BCUT2D eigenvalue weighted by Gasteiger charge is -2.07. The van der Waals surface area contributed by atoms with Crippen molar-refractivity contribution in [3.05, 3.63) is 41.5 Å². The Kier molecular flexibility index (Phi) is 2.70. The van der Waals surface area contributed by atoms with Gasteiger partial charge in [0.25, 0.3) is 0 Å². The largest absolute Gasteiger partial charge is 0.367 e. The summed E-state index contributed by atoms with van der Waals surface area (Å²) in [5.41, 5.74) is 3.74. The first-order valence-electron chi connectivity index (χ1n) is 6.87. The van der Waals surface area contributed by atoms with Crippen LogP contribution in [0.1, 0.15) is 18.4 Å². The molecule has 1 aliphatic carbocycles. The lowest BCUT2D eigenvalue weighted by atomic mass is 10.0. The normalized spacial score (nSPS) is 14.7. The number of hydrogen-bond donors (Lipinski definition) is 1. The average molecular weight is 281 g/mol. The van der Waals surface area contributed by atoms with Crippen molar-refractivity contribution >= 4 is 27.4 Å². The van der Waals surface area contributed by atoms with E-state index < -0.39 is 0 Å². The highest BCUT2D eigenvalue weighted by Gasteiger charge is 2.23. The first-order valence-corrected chi connectivity index (χ1v) is 7.75. The third-order valence-corrected chi connectivity index (χ3v) is 4.54. The van der Waals surface area contributed by atoms with E-state index in [1.54, 1.807) is 17.7 Å². The van der Waals surface area contributed by atoms with E-state index in [1.807, 2.05) is 0 Å². The molecule has 4 heteroatoms. The summed E-state index contributed by atoms with van der Waals surface area (Å²) >= 11 is 1.68. The summed E-state index contributed by atoms with van der Waals surface area (Å²) in [4.78, 5) is 9.90. The molecular weight excluding hydrogens is 266 g/mol. The number of nitrogens with zero attached hydrogens (tertiary/aromatic N) is 2. The highest BCUT2D eigenvalue weighted by Crippen LogP contribution is 2.38. The quantitative estimate of drug-likeness (QED) is 0.780. The van der Waals surface area contributed by atoms with E-state index in [0.29, 0.717) is 6.04 Å². The fraction of sp³-hybridized carbons (Fsp3) is 0.250. The minimum absolute atomic E-state index is 0.596. The summed E-state index contributed by atoms with van der Waals surface area (Å²) in [6, 6.07) is 9.24. The van der Waals surface area contributed by atoms with Gasteiger partial charge >= 0.3 is 0 Å². The summed E-state index contributed by atoms with van der Waals surface area (Å²) < 4.78 is 0. The number of fused-ring (bicyclic) bond motifs is 1. The molecule has 0 saturated heterocycles. The molecule has 100 valence electrons. The maximum Gasteiger partial charge on any atom is 0.139 e. The summed E-state index contributed by atoms with van der Waals surface area (Å²) in [6.45, 7) is 2.11. The molecule has 1 aliphatic rings. The van der Waals surface area contributed by atoms with E-state index >= 15 is 0 Å². The summed E-state index contributed by atoms with van der Waals surface area (Å²) in [6.07, 6.45) is 4.15. The minimum atomic E-state index is 0.596. The molecule has 0 spiro atoms. The SMILES string of the molecule is Cc1ccc(-c2csc3ncnc(NC4CC4)c23)cc1. The number of hydrogen-bond acceptors (Lipinski definition) is 4. The number of anilines is 1. The van der Waals surface area contributed by atoms with Crippen molar-refractivity contribution in [3.8, 4) is 11.1 Å². The number of nitrogens with one attached hydrogen (secondary N) is 1. The second kappa shape index (κ2) is 4.56. The van der Waals surface area contributed by atoms with Crippen molar-refractivity contribution in [1.29, 1.82) is 0 Å². The van der Waals surface area contributed by atoms with Crippen molar-refractivity contribution in [2.45, 2.75) is 25.8 Å². The van der Waals surface area contributed by atoms with Crippen molar-refractivity contribution < 1.29 is 0 Å². The van der Waals surface area contributed by atoms with Crippen LogP contribution in [0.5, 0.6) is 0 Å². The van der Waals surface area contributed by atoms with Gasteiger partial charge in [0.15, 0.2) is 0 Å². The van der Waals surface area contributed by atoms with Gasteiger partial charge in [-0.2, -0.15) is 0 Å². The van der Waals surface area contributed by atoms with Gasteiger partial charge in [-0.25, -0.2) is 9.97 Å². The van der Waals surface area contributed by atoms with Gasteiger partial charge in [0.05, 0.1) is 5.39 Å². The summed E-state index contributed by atoms with van der Waals surface area (Å²) in [5, 5.41) is 6.87. The predicted molar refractivity (Wildman–Crippen MR) is 84.2 cm³/mol. The molecule has 0 atom stereocenters. The number of thiophene rings is 1. The molecule has 1 fully saturated rings. The topological polar surface area (TPSA) is 37.8 Å². The van der Waals surface area contributed by atoms with Crippen LogP contribution < -0.4 is 5.32 Å². The monoisotopic (exact) mass is 281 g/mol. The number of benzene rings is 1. The summed E-state index contributed by atoms with van der Waals surface area (Å²) in [7, 11) is 0. The Morgan fingerprint density at radius 3 is 2.70 bits per heavy atom. The van der Waals surface area contributed by atoms with Crippen molar-refractivity contribution in [2.75, 3.05) is 5.32 Å². The fourth-order valence-corrected chi connectivity index (χ4v) is 3.27. The highest BCUT2D eigenvalue weighted by atomic mass is 32.1. The van der Waals surface area contributed by atoms with E-state index in [-0.39, 0.29) is 0 Å². The lowest BCUT2D eigenvalue weighted by Crippen LogP contribution is -2.03. The van der Waals surface area contributed by atoms with E-state index in [0.717, 1.165) is 16.0 Å². The third kappa shape index (κ3) is 2.06. The molecule has 0 amide bonds. The van der Waals surface area contributed by atoms with Crippen LogP contribution in [0, 0.1) is 6.92 Å². The zero-order chi connectivity index (χ0) is 13.5. The molecule has 0 unspecified atom stereocenters. The maximum atomic E-state index is 4.45. The second-order valence-electron chi connectivity index (χ2n) is 5.34. The van der Waals surface area contributed by atoms with Crippen LogP contribution in [-0.2, 0) is 0 Å². The number of aromatic nitrogens is 2. The van der Waals surface area contributed by atoms with Crippen molar-refractivity contribution in [3.63, 3.8) is 0 Å². The Balaban J connectivity index is 1.88. The molecule has 2 heterocycles. The lowest BCUT2D eigenvalue weighted by molar-refractivity contribution is 1.11. The van der Waals surface area contributed by atoms with Gasteiger partial charge in [-0.3, -0.25) is 0 Å². The molecule has 3 aromatic rings. The van der Waals surface area contributed by atoms with Gasteiger partial charge in [0.2, 0.25) is 0 Å². The highest BCUT2D eigenvalue weighted by molar-refractivity contribution is 7.17. The van der Waals surface area contributed by atoms with Crippen molar-refractivity contribution in [2.24, 2.45) is 0 Å². The maximum absolute atomic E-state index is 4.45. The Morgan fingerprint density at radius 1 is 1.15 bits per heavy atom. The molecule has 0 radical (unpaired) electrons. The number of rotatable bonds is 3. The zero-order valence-corrected chi connectivity index (χ0v) is 12.1. The molecule has 1 saturated carbocycles. The molecule has 20 heavy (non-hydrogen) atoms. The van der Waals surface area contributed by atoms with E-state index in [2.05, 4.69) is 51.9 Å². The van der Waals surface area contributed by atoms with Crippen LogP contribution in [-0.4, -0.2) is 16.0 Å². The van der Waals surface area contributed by atoms with Crippen molar-refractivity contribution in [1.82, 2.24) is 9.97 Å². The smallest absolute Gasteiger partial charge is 0.139 e. The standard InChI is InChI=1S/C16H15N3S/c1-10-2-4-11(5-3-10)13-8-20-16-14(13)15(17-9-18-16)19-12-6-7-12/h2-5,8-9,12H,6-7H2,1H3,(H,17,18,19). The minimum Gasteiger partial charge on any atom is -0.367 e. The van der Waals surface area contributed by atoms with Gasteiger partial charge < -0.3 is 5.32 Å². The molecule has 0 bridgehead atoms. The van der Waals surface area contributed by atoms with Gasteiger partial charge in [-0.15, -0.1) is 11.3 Å². The Labute approximate surface area is 121 Å². The van der Waals surface area contributed by atoms with E-state index in [9.17, 15) is 0 Å². The average Bonchev–Trinajstić information content (AvgIpc) is 3.16. The van der Waals surface area contributed by atoms with E-state index in [1.165, 1.54) is 29.5 Å². The van der Waals surface area contributed by atoms with Gasteiger partial charge in [0.1, 0.15) is 17.0 Å². The van der Waals surface area contributed by atoms with Gasteiger partial charge in [0, 0.05) is 17.0 Å². The molecular formula is C16H15N3S. The zero-order valence-electron chi connectivity index (χ0n) is 11.3. The van der Waals surface area contributed by atoms with Gasteiger partial charge in [-0.1, -0.05) is 29.8 Å². The Morgan fingerprint density at radius 2 is 1.95 bits per heavy atom. The molecule has 3 nitrogen and oxygen atoms in total. The first kappa shape index (κ1) is 11.9. The third-order valence-electron chi connectivity index (χ3n) is 3.65.